The zero-order valence-corrected chi connectivity index (χ0v) is 18.0. The van der Waals surface area contributed by atoms with Crippen LogP contribution in [0.5, 0.6) is 0 Å². The molecule has 2 aromatic carbocycles. The van der Waals surface area contributed by atoms with Gasteiger partial charge in [0, 0.05) is 29.0 Å². The van der Waals surface area contributed by atoms with Gasteiger partial charge in [-0.3, -0.25) is 0 Å². The van der Waals surface area contributed by atoms with Gasteiger partial charge in [0.2, 0.25) is 4.38 Å². The molecule has 0 bridgehead atoms. The Morgan fingerprint density at radius 1 is 1.21 bits per heavy atom. The molecular weight excluding hydrogens is 431 g/mol. The molecule has 0 radical (unpaired) electrons. The molecule has 0 amide bonds. The van der Waals surface area contributed by atoms with Gasteiger partial charge in [-0.15, -0.1) is 0 Å². The third kappa shape index (κ3) is 6.38. The molecule has 0 aliphatic rings. The molecule has 0 fully saturated rings. The summed E-state index contributed by atoms with van der Waals surface area (Å²) >= 11 is 19.4. The van der Waals surface area contributed by atoms with Crippen LogP contribution in [-0.2, 0) is 11.3 Å². The number of thiocarbonyl (C=S) groups is 1. The van der Waals surface area contributed by atoms with Crippen LogP contribution in [0.15, 0.2) is 73.3 Å². The lowest BCUT2D eigenvalue weighted by Crippen LogP contribution is -2.09. The van der Waals surface area contributed by atoms with E-state index in [4.69, 9.17) is 40.2 Å². The summed E-state index contributed by atoms with van der Waals surface area (Å²) in [4.78, 5) is 4.10. The van der Waals surface area contributed by atoms with E-state index in [9.17, 15) is 0 Å². The Balaban J connectivity index is 1.63. The summed E-state index contributed by atoms with van der Waals surface area (Å²) in [5.74, 6) is 0. The maximum atomic E-state index is 6.42. The van der Waals surface area contributed by atoms with Crippen LogP contribution in [0.1, 0.15) is 16.4 Å². The average molecular weight is 449 g/mol. The van der Waals surface area contributed by atoms with Crippen LogP contribution >= 0.6 is 47.2 Å². The Morgan fingerprint density at radius 3 is 2.75 bits per heavy atom. The van der Waals surface area contributed by atoms with Gasteiger partial charge in [-0.25, -0.2) is 4.98 Å². The highest BCUT2D eigenvalue weighted by Gasteiger charge is 2.19. The largest absolute Gasteiger partial charge is 0.474 e. The second kappa shape index (κ2) is 10.7. The molecule has 0 aliphatic heterocycles. The van der Waals surface area contributed by atoms with Crippen molar-refractivity contribution >= 4 is 57.6 Å². The van der Waals surface area contributed by atoms with Gasteiger partial charge in [0.25, 0.3) is 0 Å². The minimum absolute atomic E-state index is 0.0235. The van der Waals surface area contributed by atoms with E-state index in [0.717, 1.165) is 11.1 Å². The van der Waals surface area contributed by atoms with Crippen molar-refractivity contribution in [1.29, 1.82) is 0 Å². The van der Waals surface area contributed by atoms with Crippen molar-refractivity contribution in [2.75, 3.05) is 6.61 Å². The normalized spacial score (nSPS) is 12.2. The number of nitrogens with zero attached hydrogens (tertiary/aromatic N) is 2. The van der Waals surface area contributed by atoms with Crippen molar-refractivity contribution in [3.8, 4) is 0 Å². The van der Waals surface area contributed by atoms with Crippen LogP contribution in [0.3, 0.4) is 0 Å². The second-order valence-electron chi connectivity index (χ2n) is 5.91. The number of hydrogen-bond donors (Lipinski definition) is 0. The first kappa shape index (κ1) is 20.9. The zero-order chi connectivity index (χ0) is 19.8. The fraction of sp³-hybridized carbons (Fsp3) is 0.143. The molecule has 0 saturated carbocycles. The molecule has 1 heterocycles. The number of aromatic nitrogens is 2. The Kier molecular flexibility index (Phi) is 7.98. The van der Waals surface area contributed by atoms with E-state index in [1.54, 1.807) is 18.6 Å². The molecule has 28 heavy (non-hydrogen) atoms. The quantitative estimate of drug-likeness (QED) is 0.376. The summed E-state index contributed by atoms with van der Waals surface area (Å²) in [6.07, 6.45) is 9.37. The molecule has 1 unspecified atom stereocenters. The first-order valence-corrected chi connectivity index (χ1v) is 10.6. The lowest BCUT2D eigenvalue weighted by Gasteiger charge is -2.19. The van der Waals surface area contributed by atoms with Gasteiger partial charge in [-0.05, 0) is 41.6 Å². The number of benzene rings is 2. The van der Waals surface area contributed by atoms with Gasteiger partial charge in [0.15, 0.2) is 0 Å². The summed E-state index contributed by atoms with van der Waals surface area (Å²) < 4.78 is 8.17. The fourth-order valence-corrected chi connectivity index (χ4v) is 4.53. The number of rotatable bonds is 7. The van der Waals surface area contributed by atoms with Gasteiger partial charge < -0.3 is 9.30 Å². The van der Waals surface area contributed by atoms with Crippen LogP contribution < -0.4 is 0 Å². The fourth-order valence-electron chi connectivity index (χ4n) is 2.56. The van der Waals surface area contributed by atoms with Crippen molar-refractivity contribution in [3.05, 3.63) is 94.5 Å². The average Bonchev–Trinajstić information content (AvgIpc) is 3.19. The second-order valence-corrected chi connectivity index (χ2v) is 8.55. The van der Waals surface area contributed by atoms with Crippen LogP contribution in [0.4, 0.5) is 0 Å². The topological polar surface area (TPSA) is 27.1 Å². The van der Waals surface area contributed by atoms with Crippen molar-refractivity contribution in [1.82, 2.24) is 9.55 Å². The molecule has 0 N–H and O–H groups in total. The van der Waals surface area contributed by atoms with Gasteiger partial charge in [0.05, 0.1) is 11.6 Å². The lowest BCUT2D eigenvalue weighted by atomic mass is 10.1. The molecule has 7 heteroatoms. The van der Waals surface area contributed by atoms with E-state index < -0.39 is 0 Å². The third-order valence-electron chi connectivity index (χ3n) is 3.89. The Labute approximate surface area is 184 Å². The maximum Gasteiger partial charge on any atom is 0.220 e. The number of ether oxygens (including phenoxy) is 1. The van der Waals surface area contributed by atoms with E-state index in [2.05, 4.69) is 4.98 Å². The van der Waals surface area contributed by atoms with Crippen LogP contribution in [0.2, 0.25) is 10.0 Å². The van der Waals surface area contributed by atoms with E-state index >= 15 is 0 Å². The van der Waals surface area contributed by atoms with Crippen LogP contribution in [-0.4, -0.2) is 20.5 Å². The SMILES string of the molecule is S=C(OC/C=C/c1ccccc1)SC(Cn1ccnc1)c1ccc(Cl)cc1Cl. The highest BCUT2D eigenvalue weighted by molar-refractivity contribution is 8.22. The smallest absolute Gasteiger partial charge is 0.220 e. The van der Waals surface area contributed by atoms with Crippen molar-refractivity contribution in [2.24, 2.45) is 0 Å². The molecule has 3 nitrogen and oxygen atoms in total. The summed E-state index contributed by atoms with van der Waals surface area (Å²) in [6.45, 7) is 1.07. The number of imidazole rings is 1. The Hall–Kier alpha value is -1.79. The number of halogens is 2. The molecule has 1 atom stereocenters. The molecule has 144 valence electrons. The summed E-state index contributed by atoms with van der Waals surface area (Å²) in [5.41, 5.74) is 2.08. The third-order valence-corrected chi connectivity index (χ3v) is 5.86. The molecule has 1 aromatic heterocycles. The Bertz CT molecular complexity index is 931. The minimum atomic E-state index is -0.0235. The molecular formula is C21H18Cl2N2OS2. The van der Waals surface area contributed by atoms with E-state index in [1.807, 2.05) is 65.4 Å². The number of hydrogen-bond acceptors (Lipinski definition) is 4. The van der Waals surface area contributed by atoms with Crippen molar-refractivity contribution in [3.63, 3.8) is 0 Å². The summed E-state index contributed by atoms with van der Waals surface area (Å²) in [7, 11) is 0. The maximum absolute atomic E-state index is 6.42. The monoisotopic (exact) mass is 448 g/mol. The van der Waals surface area contributed by atoms with Gasteiger partial charge in [0.1, 0.15) is 6.61 Å². The van der Waals surface area contributed by atoms with Crippen LogP contribution in [0.25, 0.3) is 6.08 Å². The lowest BCUT2D eigenvalue weighted by molar-refractivity contribution is 0.371. The van der Waals surface area contributed by atoms with Crippen molar-refractivity contribution < 1.29 is 4.74 Å². The Morgan fingerprint density at radius 2 is 2.04 bits per heavy atom. The van der Waals surface area contributed by atoms with Crippen LogP contribution in [0, 0.1) is 0 Å². The predicted octanol–water partition coefficient (Wildman–Crippen LogP) is 6.68. The highest BCUT2D eigenvalue weighted by Crippen LogP contribution is 2.37. The number of thioether (sulfide) groups is 1. The minimum Gasteiger partial charge on any atom is -0.474 e. The molecule has 0 saturated heterocycles. The van der Waals surface area contributed by atoms with Gasteiger partial charge >= 0.3 is 0 Å². The zero-order valence-electron chi connectivity index (χ0n) is 14.9. The van der Waals surface area contributed by atoms with Gasteiger partial charge in [-0.1, -0.05) is 77.4 Å². The molecule has 0 aliphatic carbocycles. The summed E-state index contributed by atoms with van der Waals surface area (Å²) in [5, 5.41) is 1.19. The summed E-state index contributed by atoms with van der Waals surface area (Å²) in [6, 6.07) is 15.6. The predicted molar refractivity (Wildman–Crippen MR) is 123 cm³/mol. The van der Waals surface area contributed by atoms with Crippen molar-refractivity contribution in [2.45, 2.75) is 11.8 Å². The van der Waals surface area contributed by atoms with E-state index in [0.29, 0.717) is 27.6 Å². The molecule has 0 spiro atoms. The molecule has 3 aromatic rings. The van der Waals surface area contributed by atoms with E-state index in [1.165, 1.54) is 11.8 Å². The van der Waals surface area contributed by atoms with Gasteiger partial charge in [-0.2, -0.15) is 0 Å². The van der Waals surface area contributed by atoms with E-state index in [-0.39, 0.29) is 5.25 Å². The highest BCUT2D eigenvalue weighted by atomic mass is 35.5. The molecule has 3 rings (SSSR count). The standard InChI is InChI=1S/C21H18Cl2N2OS2/c22-17-8-9-18(19(23)13-17)20(14-25-11-10-24-15-25)28-21(27)26-12-4-7-16-5-2-1-3-6-16/h1-11,13,15,20H,12,14H2/b7-4+. The first-order chi connectivity index (χ1) is 13.6. The first-order valence-electron chi connectivity index (χ1n) is 8.57.